The number of piperidine rings is 1. The molecule has 8 heteroatoms. The number of benzene rings is 4. The van der Waals surface area contributed by atoms with Gasteiger partial charge in [0.05, 0.1) is 34.8 Å². The number of hydrogen-bond donors (Lipinski definition) is 1. The van der Waals surface area contributed by atoms with Crippen LogP contribution in [0.3, 0.4) is 0 Å². The van der Waals surface area contributed by atoms with Crippen molar-refractivity contribution < 1.29 is 19.5 Å². The first-order valence-electron chi connectivity index (χ1n) is 16.3. The number of aryl methyl sites for hydroxylation is 4. The Balaban J connectivity index is 1.20. The van der Waals surface area contributed by atoms with Crippen molar-refractivity contribution in [3.05, 3.63) is 119 Å². The number of fused-ring (bicyclic) bond motifs is 6. The molecule has 2 fully saturated rings. The summed E-state index contributed by atoms with van der Waals surface area (Å²) in [5.74, 6) is -1.09. The van der Waals surface area contributed by atoms with Crippen LogP contribution in [0.25, 0.3) is 0 Å². The maximum absolute atomic E-state index is 14.9. The summed E-state index contributed by atoms with van der Waals surface area (Å²) in [5.41, 5.74) is 7.49. The van der Waals surface area contributed by atoms with Crippen LogP contribution in [0.5, 0.6) is 0 Å². The molecule has 0 saturated carbocycles. The number of para-hydroxylation sites is 4. The van der Waals surface area contributed by atoms with Gasteiger partial charge in [-0.2, -0.15) is 0 Å². The van der Waals surface area contributed by atoms with Crippen molar-refractivity contribution in [1.82, 2.24) is 9.80 Å². The molecule has 4 heterocycles. The molecule has 232 valence electrons. The number of urea groups is 2. The third-order valence-electron chi connectivity index (χ3n) is 10.3. The summed E-state index contributed by atoms with van der Waals surface area (Å²) >= 11 is 0. The molecule has 4 aliphatic heterocycles. The number of rotatable bonds is 1. The van der Waals surface area contributed by atoms with Gasteiger partial charge < -0.3 is 14.9 Å². The van der Waals surface area contributed by atoms with Gasteiger partial charge in [0.25, 0.3) is 0 Å². The number of carboxylic acids is 1. The molecule has 0 aromatic heterocycles. The minimum Gasteiger partial charge on any atom is -0.480 e. The second-order valence-electron chi connectivity index (χ2n) is 12.7. The zero-order valence-electron chi connectivity index (χ0n) is 25.6. The van der Waals surface area contributed by atoms with Gasteiger partial charge in [-0.15, -0.1) is 0 Å². The molecule has 4 aromatic carbocycles. The van der Waals surface area contributed by atoms with E-state index in [0.29, 0.717) is 12.8 Å². The predicted molar refractivity (Wildman–Crippen MR) is 177 cm³/mol. The quantitative estimate of drug-likeness (QED) is 0.249. The molecular formula is C38H36N4O4. The molecule has 8 nitrogen and oxygen atoms in total. The number of nitrogens with zero attached hydrogens (tertiary/aromatic N) is 4. The van der Waals surface area contributed by atoms with Crippen molar-refractivity contribution >= 4 is 40.8 Å². The molecule has 46 heavy (non-hydrogen) atoms. The van der Waals surface area contributed by atoms with E-state index < -0.39 is 18.1 Å². The van der Waals surface area contributed by atoms with Gasteiger partial charge in [-0.1, -0.05) is 72.8 Å². The van der Waals surface area contributed by atoms with Gasteiger partial charge in [-0.05, 0) is 91.5 Å². The van der Waals surface area contributed by atoms with Crippen LogP contribution in [0, 0.1) is 0 Å². The first-order chi connectivity index (χ1) is 22.5. The standard InChI is InChI=1S/C38H36N4O4/c43-36(44)35-34-19-9-14-29(40(34)38(46)42-32-17-7-3-12-27(32)22-23-28-13-4-8-18-33(28)42)24-39(35)37(45)41-30-15-5-1-10-25(30)20-21-26-11-2-6-16-31(26)41/h1-8,10-13,15-18,29,34-35H,9,14,19-24H2,(H,43,44)/t29-,34+,35-/m0/s1. The number of aliphatic carboxylic acids is 1. The first kappa shape index (κ1) is 28.4. The molecule has 4 aromatic rings. The van der Waals surface area contributed by atoms with E-state index in [9.17, 15) is 19.5 Å². The summed E-state index contributed by atoms with van der Waals surface area (Å²) in [6, 6.07) is 29.0. The van der Waals surface area contributed by atoms with E-state index in [1.807, 2.05) is 84.9 Å². The van der Waals surface area contributed by atoms with Gasteiger partial charge in [-0.25, -0.2) is 14.4 Å². The number of carboxylic acid groups (broad SMARTS) is 1. The Morgan fingerprint density at radius 3 is 1.41 bits per heavy atom. The second kappa shape index (κ2) is 11.4. The molecule has 8 rings (SSSR count). The zero-order valence-corrected chi connectivity index (χ0v) is 25.6. The number of piperazine rings is 1. The number of anilines is 4. The fraction of sp³-hybridized carbons (Fsp3) is 0.289. The van der Waals surface area contributed by atoms with Crippen LogP contribution >= 0.6 is 0 Å². The molecule has 1 N–H and O–H groups in total. The minimum absolute atomic E-state index is 0.149. The Labute approximate surface area is 268 Å². The van der Waals surface area contributed by atoms with Crippen LogP contribution in [-0.4, -0.2) is 57.6 Å². The lowest BCUT2D eigenvalue weighted by Crippen LogP contribution is -2.72. The third-order valence-corrected chi connectivity index (χ3v) is 10.3. The zero-order chi connectivity index (χ0) is 31.4. The summed E-state index contributed by atoms with van der Waals surface area (Å²) in [6.45, 7) is 0.149. The second-order valence-corrected chi connectivity index (χ2v) is 12.7. The highest BCUT2D eigenvalue weighted by Crippen LogP contribution is 2.43. The summed E-state index contributed by atoms with van der Waals surface area (Å²) in [5, 5.41) is 10.8. The lowest BCUT2D eigenvalue weighted by Gasteiger charge is -2.54. The van der Waals surface area contributed by atoms with E-state index in [1.165, 1.54) is 4.90 Å². The Hall–Kier alpha value is -5.11. The van der Waals surface area contributed by atoms with Crippen LogP contribution in [0.15, 0.2) is 97.1 Å². The first-order valence-corrected chi connectivity index (χ1v) is 16.3. The van der Waals surface area contributed by atoms with Crippen molar-refractivity contribution in [2.75, 3.05) is 16.3 Å². The minimum atomic E-state index is -1.19. The average Bonchev–Trinajstić information content (AvgIpc) is 3.35. The van der Waals surface area contributed by atoms with Gasteiger partial charge in [0.1, 0.15) is 0 Å². The van der Waals surface area contributed by atoms with E-state index in [-0.39, 0.29) is 24.6 Å². The van der Waals surface area contributed by atoms with Crippen molar-refractivity contribution in [1.29, 1.82) is 0 Å². The van der Waals surface area contributed by atoms with Crippen molar-refractivity contribution in [3.8, 4) is 0 Å². The lowest BCUT2D eigenvalue weighted by molar-refractivity contribution is -0.148. The molecule has 0 unspecified atom stereocenters. The van der Waals surface area contributed by atoms with Crippen molar-refractivity contribution in [3.63, 3.8) is 0 Å². The number of amides is 4. The fourth-order valence-corrected chi connectivity index (χ4v) is 8.16. The maximum Gasteiger partial charge on any atom is 0.330 e. The predicted octanol–water partition coefficient (Wildman–Crippen LogP) is 7.09. The van der Waals surface area contributed by atoms with Crippen molar-refractivity contribution in [2.45, 2.75) is 63.1 Å². The summed E-state index contributed by atoms with van der Waals surface area (Å²) in [4.78, 5) is 49.8. The molecule has 0 radical (unpaired) electrons. The Kier molecular flexibility index (Phi) is 7.00. The molecule has 4 amide bonds. The van der Waals surface area contributed by atoms with E-state index in [2.05, 4.69) is 12.1 Å². The Morgan fingerprint density at radius 2 is 0.978 bits per heavy atom. The highest BCUT2D eigenvalue weighted by atomic mass is 16.4. The van der Waals surface area contributed by atoms with Crippen LogP contribution in [-0.2, 0) is 30.5 Å². The van der Waals surface area contributed by atoms with E-state index in [0.717, 1.165) is 77.1 Å². The number of carbonyl (C=O) groups excluding carboxylic acids is 2. The Morgan fingerprint density at radius 1 is 0.565 bits per heavy atom. The summed E-state index contributed by atoms with van der Waals surface area (Å²) in [7, 11) is 0. The Bertz CT molecular complexity index is 1760. The van der Waals surface area contributed by atoms with E-state index in [1.54, 1.807) is 14.7 Å². The molecule has 0 aliphatic carbocycles. The van der Waals surface area contributed by atoms with E-state index >= 15 is 0 Å². The molecule has 0 spiro atoms. The summed E-state index contributed by atoms with van der Waals surface area (Å²) < 4.78 is 0. The largest absolute Gasteiger partial charge is 0.480 e. The third kappa shape index (κ3) is 4.54. The highest BCUT2D eigenvalue weighted by molar-refractivity contribution is 6.05. The lowest BCUT2D eigenvalue weighted by atomic mass is 9.86. The van der Waals surface area contributed by atoms with Gasteiger partial charge in [0, 0.05) is 6.54 Å². The topological polar surface area (TPSA) is 84.4 Å². The fourth-order valence-electron chi connectivity index (χ4n) is 8.16. The van der Waals surface area contributed by atoms with Crippen LogP contribution in [0.2, 0.25) is 0 Å². The van der Waals surface area contributed by atoms with Crippen molar-refractivity contribution in [2.24, 2.45) is 0 Å². The summed E-state index contributed by atoms with van der Waals surface area (Å²) in [6.07, 6.45) is 5.19. The van der Waals surface area contributed by atoms with Gasteiger partial charge in [0.2, 0.25) is 0 Å². The molecule has 2 saturated heterocycles. The van der Waals surface area contributed by atoms with E-state index in [4.69, 9.17) is 0 Å². The van der Waals surface area contributed by atoms with Gasteiger partial charge in [0.15, 0.2) is 6.04 Å². The number of likely N-dealkylation sites (tertiary alicyclic amines) is 1. The van der Waals surface area contributed by atoms with Crippen LogP contribution < -0.4 is 9.80 Å². The van der Waals surface area contributed by atoms with Crippen LogP contribution in [0.1, 0.15) is 41.5 Å². The molecular weight excluding hydrogens is 576 g/mol. The average molecular weight is 613 g/mol. The van der Waals surface area contributed by atoms with Crippen LogP contribution in [0.4, 0.5) is 32.3 Å². The normalized spacial score (nSPS) is 21.6. The van der Waals surface area contributed by atoms with Gasteiger partial charge >= 0.3 is 18.0 Å². The SMILES string of the molecule is O=C(O)[C@@H]1[C@H]2CCC[C@@H](CN1C(=O)N1c3ccccc3CCc3ccccc31)N2C(=O)N1c2ccccc2CCc2ccccc21. The number of hydrogen-bond acceptors (Lipinski definition) is 3. The monoisotopic (exact) mass is 612 g/mol. The molecule has 3 atom stereocenters. The smallest absolute Gasteiger partial charge is 0.330 e. The maximum atomic E-state index is 14.9. The molecule has 2 bridgehead atoms. The molecule has 4 aliphatic rings. The van der Waals surface area contributed by atoms with Gasteiger partial charge in [-0.3, -0.25) is 9.80 Å². The number of carbonyl (C=O) groups is 3. The highest BCUT2D eigenvalue weighted by Gasteiger charge is 2.53.